The highest BCUT2D eigenvalue weighted by Crippen LogP contribution is 2.33. The van der Waals surface area contributed by atoms with Crippen LogP contribution in [0, 0.1) is 5.92 Å². The van der Waals surface area contributed by atoms with Crippen LogP contribution in [-0.2, 0) is 0 Å². The smallest absolute Gasteiger partial charge is 0.146 e. The average Bonchev–Trinajstić information content (AvgIpc) is 2.23. The van der Waals surface area contributed by atoms with E-state index in [0.717, 1.165) is 0 Å². The van der Waals surface area contributed by atoms with Crippen LogP contribution in [0.5, 0.6) is 11.5 Å². The minimum absolute atomic E-state index is 0.107. The first-order chi connectivity index (χ1) is 7.91. The van der Waals surface area contributed by atoms with Crippen molar-refractivity contribution in [3.63, 3.8) is 0 Å². The molecule has 0 saturated carbocycles. The molecule has 1 aromatic carbocycles. The van der Waals surface area contributed by atoms with Crippen LogP contribution in [0.1, 0.15) is 34.6 Å². The van der Waals surface area contributed by atoms with Gasteiger partial charge in [0.25, 0.3) is 0 Å². The fourth-order valence-electron chi connectivity index (χ4n) is 1.32. The second kappa shape index (κ2) is 5.80. The Balaban J connectivity index is 2.86. The van der Waals surface area contributed by atoms with Gasteiger partial charge in [-0.05, 0) is 38.8 Å². The van der Waals surface area contributed by atoms with Gasteiger partial charge in [0.05, 0.1) is 12.2 Å². The Hall–Kier alpha value is -1.38. The van der Waals surface area contributed by atoms with Gasteiger partial charge < -0.3 is 15.2 Å². The van der Waals surface area contributed by atoms with Crippen molar-refractivity contribution in [3.05, 3.63) is 18.2 Å². The lowest BCUT2D eigenvalue weighted by atomic mass is 10.1. The Bertz CT molecular complexity index is 361. The van der Waals surface area contributed by atoms with E-state index in [0.29, 0.717) is 23.1 Å². The largest absolute Gasteiger partial charge is 0.489 e. The van der Waals surface area contributed by atoms with Crippen LogP contribution < -0.4 is 15.2 Å². The summed E-state index contributed by atoms with van der Waals surface area (Å²) in [6.45, 7) is 10.2. The third-order valence-electron chi connectivity index (χ3n) is 2.64. The van der Waals surface area contributed by atoms with E-state index in [-0.39, 0.29) is 12.2 Å². The molecule has 0 aliphatic carbocycles. The lowest BCUT2D eigenvalue weighted by Crippen LogP contribution is -2.19. The van der Waals surface area contributed by atoms with Crippen LogP contribution in [-0.4, -0.2) is 12.2 Å². The molecule has 1 unspecified atom stereocenters. The van der Waals surface area contributed by atoms with E-state index >= 15 is 0 Å². The van der Waals surface area contributed by atoms with Crippen LogP contribution in [0.15, 0.2) is 18.2 Å². The fourth-order valence-corrected chi connectivity index (χ4v) is 1.32. The maximum Gasteiger partial charge on any atom is 0.146 e. The molecular weight excluding hydrogens is 214 g/mol. The molecule has 1 atom stereocenters. The minimum atomic E-state index is 0.107. The highest BCUT2D eigenvalue weighted by atomic mass is 16.5. The summed E-state index contributed by atoms with van der Waals surface area (Å²) in [5.74, 6) is 1.84. The van der Waals surface area contributed by atoms with Crippen molar-refractivity contribution in [2.75, 3.05) is 5.73 Å². The van der Waals surface area contributed by atoms with Crippen LogP contribution in [0.25, 0.3) is 0 Å². The number of nitrogens with two attached hydrogens (primary N) is 1. The summed E-state index contributed by atoms with van der Waals surface area (Å²) in [4.78, 5) is 0. The number of rotatable bonds is 5. The van der Waals surface area contributed by atoms with Crippen molar-refractivity contribution in [3.8, 4) is 11.5 Å². The summed E-state index contributed by atoms with van der Waals surface area (Å²) in [7, 11) is 0. The molecule has 96 valence electrons. The van der Waals surface area contributed by atoms with Crippen molar-refractivity contribution in [1.82, 2.24) is 0 Å². The number of benzene rings is 1. The summed E-state index contributed by atoms with van der Waals surface area (Å²) in [5, 5.41) is 0. The zero-order chi connectivity index (χ0) is 13.0. The van der Waals surface area contributed by atoms with Crippen LogP contribution >= 0.6 is 0 Å². The average molecular weight is 237 g/mol. The number of para-hydroxylation sites is 1. The number of nitrogen functional groups attached to an aromatic ring is 1. The molecule has 0 radical (unpaired) electrons. The van der Waals surface area contributed by atoms with E-state index in [9.17, 15) is 0 Å². The van der Waals surface area contributed by atoms with Gasteiger partial charge in [-0.1, -0.05) is 19.9 Å². The SMILES string of the molecule is CC(C)Oc1cccc(OC(C)C(C)C)c1N. The lowest BCUT2D eigenvalue weighted by molar-refractivity contribution is 0.170. The zero-order valence-electron chi connectivity index (χ0n) is 11.4. The van der Waals surface area contributed by atoms with Gasteiger partial charge in [-0.25, -0.2) is 0 Å². The molecule has 0 aliphatic rings. The third-order valence-corrected chi connectivity index (χ3v) is 2.64. The number of hydrogen-bond acceptors (Lipinski definition) is 3. The molecule has 0 amide bonds. The molecule has 0 bridgehead atoms. The minimum Gasteiger partial charge on any atom is -0.489 e. The molecule has 3 nitrogen and oxygen atoms in total. The highest BCUT2D eigenvalue weighted by molar-refractivity contribution is 5.62. The van der Waals surface area contributed by atoms with Gasteiger partial charge >= 0.3 is 0 Å². The van der Waals surface area contributed by atoms with Crippen molar-refractivity contribution in [2.24, 2.45) is 5.92 Å². The zero-order valence-corrected chi connectivity index (χ0v) is 11.4. The molecule has 1 aromatic rings. The summed E-state index contributed by atoms with van der Waals surface area (Å²) < 4.78 is 11.4. The highest BCUT2D eigenvalue weighted by Gasteiger charge is 2.13. The second-order valence-electron chi connectivity index (χ2n) is 4.90. The Morgan fingerprint density at radius 1 is 0.941 bits per heavy atom. The molecule has 0 spiro atoms. The van der Waals surface area contributed by atoms with E-state index in [4.69, 9.17) is 15.2 Å². The van der Waals surface area contributed by atoms with E-state index in [1.165, 1.54) is 0 Å². The first kappa shape index (κ1) is 13.7. The predicted molar refractivity (Wildman–Crippen MR) is 71.5 cm³/mol. The molecule has 1 rings (SSSR count). The molecule has 0 fully saturated rings. The monoisotopic (exact) mass is 237 g/mol. The molecule has 0 saturated heterocycles. The summed E-state index contributed by atoms with van der Waals surface area (Å²) in [6.07, 6.45) is 0.238. The quantitative estimate of drug-likeness (QED) is 0.797. The molecule has 0 heterocycles. The van der Waals surface area contributed by atoms with Gasteiger partial charge in [-0.15, -0.1) is 0 Å². The molecule has 0 aliphatic heterocycles. The Morgan fingerprint density at radius 2 is 1.47 bits per heavy atom. The maximum absolute atomic E-state index is 6.03. The summed E-state index contributed by atoms with van der Waals surface area (Å²) in [5.41, 5.74) is 6.61. The normalized spacial score (nSPS) is 12.9. The molecule has 2 N–H and O–H groups in total. The van der Waals surface area contributed by atoms with E-state index in [1.807, 2.05) is 39.0 Å². The lowest BCUT2D eigenvalue weighted by Gasteiger charge is -2.21. The van der Waals surface area contributed by atoms with Crippen molar-refractivity contribution < 1.29 is 9.47 Å². The Labute approximate surface area is 104 Å². The van der Waals surface area contributed by atoms with Gasteiger partial charge in [0.15, 0.2) is 0 Å². The van der Waals surface area contributed by atoms with Crippen molar-refractivity contribution in [1.29, 1.82) is 0 Å². The Kier molecular flexibility index (Phi) is 4.67. The predicted octanol–water partition coefficient (Wildman–Crippen LogP) is 3.48. The van der Waals surface area contributed by atoms with Crippen LogP contribution in [0.2, 0.25) is 0 Å². The standard InChI is InChI=1S/C14H23NO2/c1-9(2)11(5)17-13-8-6-7-12(14(13)15)16-10(3)4/h6-11H,15H2,1-5H3. The topological polar surface area (TPSA) is 44.5 Å². The van der Waals surface area contributed by atoms with Gasteiger partial charge in [0.1, 0.15) is 17.2 Å². The molecular formula is C14H23NO2. The number of anilines is 1. The number of hydrogen-bond donors (Lipinski definition) is 1. The van der Waals surface area contributed by atoms with E-state index in [1.54, 1.807) is 0 Å². The van der Waals surface area contributed by atoms with Gasteiger partial charge in [-0.3, -0.25) is 0 Å². The first-order valence-electron chi connectivity index (χ1n) is 6.13. The second-order valence-corrected chi connectivity index (χ2v) is 4.90. The fraction of sp³-hybridized carbons (Fsp3) is 0.571. The summed E-state index contributed by atoms with van der Waals surface area (Å²) >= 11 is 0. The van der Waals surface area contributed by atoms with E-state index < -0.39 is 0 Å². The van der Waals surface area contributed by atoms with E-state index in [2.05, 4.69) is 13.8 Å². The summed E-state index contributed by atoms with van der Waals surface area (Å²) in [6, 6.07) is 5.64. The third kappa shape index (κ3) is 3.84. The van der Waals surface area contributed by atoms with Crippen molar-refractivity contribution in [2.45, 2.75) is 46.8 Å². The van der Waals surface area contributed by atoms with Crippen LogP contribution in [0.3, 0.4) is 0 Å². The molecule has 3 heteroatoms. The Morgan fingerprint density at radius 3 is 1.94 bits per heavy atom. The molecule has 0 aromatic heterocycles. The molecule has 17 heavy (non-hydrogen) atoms. The van der Waals surface area contributed by atoms with Gasteiger partial charge in [-0.2, -0.15) is 0 Å². The van der Waals surface area contributed by atoms with Crippen LogP contribution in [0.4, 0.5) is 5.69 Å². The number of ether oxygens (including phenoxy) is 2. The van der Waals surface area contributed by atoms with Gasteiger partial charge in [0, 0.05) is 0 Å². The van der Waals surface area contributed by atoms with Gasteiger partial charge in [0.2, 0.25) is 0 Å². The van der Waals surface area contributed by atoms with Crippen molar-refractivity contribution >= 4 is 5.69 Å². The maximum atomic E-state index is 6.03. The first-order valence-corrected chi connectivity index (χ1v) is 6.13.